The molecular weight excluding hydrogens is 244 g/mol. The average molecular weight is 272 g/mol. The molecule has 1 aromatic carbocycles. The molecule has 20 heavy (non-hydrogen) atoms. The Bertz CT molecular complexity index is 451. The summed E-state index contributed by atoms with van der Waals surface area (Å²) >= 11 is 0. The Morgan fingerprint density at radius 3 is 2.55 bits per heavy atom. The van der Waals surface area contributed by atoms with E-state index in [9.17, 15) is 0 Å². The summed E-state index contributed by atoms with van der Waals surface area (Å²) < 4.78 is 0. The van der Waals surface area contributed by atoms with Gasteiger partial charge in [0.2, 0.25) is 0 Å². The van der Waals surface area contributed by atoms with Crippen molar-refractivity contribution in [2.45, 2.75) is 64.7 Å². The van der Waals surface area contributed by atoms with Gasteiger partial charge in [-0.15, -0.1) is 0 Å². The van der Waals surface area contributed by atoms with E-state index in [0.29, 0.717) is 0 Å². The van der Waals surface area contributed by atoms with Crippen molar-refractivity contribution in [2.24, 2.45) is 11.7 Å². The number of nitrogen functional groups attached to an aromatic ring is 1. The molecule has 1 unspecified atom stereocenters. The summed E-state index contributed by atoms with van der Waals surface area (Å²) in [6, 6.07) is 6.29. The SMILES string of the molecule is CCCCCCCCC1Cc2ccc(C(=N)N)cc2C1. The smallest absolute Gasteiger partial charge is 0.122 e. The van der Waals surface area contributed by atoms with E-state index in [1.807, 2.05) is 6.07 Å². The Labute approximate surface area is 123 Å². The van der Waals surface area contributed by atoms with Crippen molar-refractivity contribution in [1.82, 2.24) is 0 Å². The molecule has 0 radical (unpaired) electrons. The standard InChI is InChI=1S/C18H28N2/c1-2-3-4-5-6-7-8-14-11-15-9-10-16(18(19)20)13-17(15)12-14/h9-10,13-14H,2-8,11-12H2,1H3,(H3,19,20). The summed E-state index contributed by atoms with van der Waals surface area (Å²) in [4.78, 5) is 0. The zero-order valence-corrected chi connectivity index (χ0v) is 12.8. The van der Waals surface area contributed by atoms with Crippen LogP contribution in [0.3, 0.4) is 0 Å². The fourth-order valence-electron chi connectivity index (χ4n) is 3.29. The third-order valence-electron chi connectivity index (χ3n) is 4.50. The molecule has 110 valence electrons. The van der Waals surface area contributed by atoms with E-state index in [1.54, 1.807) is 0 Å². The van der Waals surface area contributed by atoms with Crippen LogP contribution in [0, 0.1) is 11.3 Å². The van der Waals surface area contributed by atoms with Gasteiger partial charge in [0.1, 0.15) is 5.84 Å². The van der Waals surface area contributed by atoms with Gasteiger partial charge in [-0.25, -0.2) is 0 Å². The van der Waals surface area contributed by atoms with Crippen molar-refractivity contribution in [3.8, 4) is 0 Å². The molecule has 0 spiro atoms. The van der Waals surface area contributed by atoms with Crippen LogP contribution < -0.4 is 5.73 Å². The fourth-order valence-corrected chi connectivity index (χ4v) is 3.29. The summed E-state index contributed by atoms with van der Waals surface area (Å²) in [5.41, 5.74) is 9.35. The van der Waals surface area contributed by atoms with Gasteiger partial charge in [-0.2, -0.15) is 0 Å². The van der Waals surface area contributed by atoms with Gasteiger partial charge in [0, 0.05) is 5.56 Å². The van der Waals surface area contributed by atoms with Crippen molar-refractivity contribution in [2.75, 3.05) is 0 Å². The maximum atomic E-state index is 7.52. The molecule has 0 fully saturated rings. The molecule has 0 saturated heterocycles. The number of rotatable bonds is 8. The fraction of sp³-hybridized carbons (Fsp3) is 0.611. The number of nitrogens with two attached hydrogens (primary N) is 1. The molecule has 1 aliphatic carbocycles. The second-order valence-electron chi connectivity index (χ2n) is 6.23. The largest absolute Gasteiger partial charge is 0.384 e. The first kappa shape index (κ1) is 15.1. The summed E-state index contributed by atoms with van der Waals surface area (Å²) in [7, 11) is 0. The van der Waals surface area contributed by atoms with Crippen LogP contribution in [0.25, 0.3) is 0 Å². The van der Waals surface area contributed by atoms with Crippen LogP contribution in [-0.2, 0) is 12.8 Å². The first-order valence-electron chi connectivity index (χ1n) is 8.17. The highest BCUT2D eigenvalue weighted by Crippen LogP contribution is 2.30. The average Bonchev–Trinajstić information content (AvgIpc) is 2.84. The van der Waals surface area contributed by atoms with Gasteiger partial charge in [0.05, 0.1) is 0 Å². The number of nitrogens with one attached hydrogen (secondary N) is 1. The lowest BCUT2D eigenvalue weighted by Crippen LogP contribution is -2.11. The van der Waals surface area contributed by atoms with E-state index in [0.717, 1.165) is 11.5 Å². The minimum absolute atomic E-state index is 0.187. The number of hydrogen-bond donors (Lipinski definition) is 2. The van der Waals surface area contributed by atoms with Gasteiger partial charge in [-0.05, 0) is 42.4 Å². The van der Waals surface area contributed by atoms with Crippen LogP contribution in [0.5, 0.6) is 0 Å². The van der Waals surface area contributed by atoms with E-state index >= 15 is 0 Å². The number of hydrogen-bond acceptors (Lipinski definition) is 1. The zero-order valence-electron chi connectivity index (χ0n) is 12.8. The second-order valence-corrected chi connectivity index (χ2v) is 6.23. The Hall–Kier alpha value is -1.31. The predicted octanol–water partition coefficient (Wildman–Crippen LogP) is 4.44. The summed E-state index contributed by atoms with van der Waals surface area (Å²) in [6.07, 6.45) is 12.1. The van der Waals surface area contributed by atoms with Gasteiger partial charge >= 0.3 is 0 Å². The van der Waals surface area contributed by atoms with Gasteiger partial charge in [-0.3, -0.25) is 5.41 Å². The van der Waals surface area contributed by atoms with E-state index in [-0.39, 0.29) is 5.84 Å². The number of fused-ring (bicyclic) bond motifs is 1. The molecule has 2 rings (SSSR count). The van der Waals surface area contributed by atoms with Crippen LogP contribution in [0.2, 0.25) is 0 Å². The van der Waals surface area contributed by atoms with Crippen molar-refractivity contribution >= 4 is 5.84 Å². The molecule has 1 aromatic rings. The molecular formula is C18H28N2. The quantitative estimate of drug-likeness (QED) is 0.410. The molecule has 1 aliphatic rings. The molecule has 1 atom stereocenters. The van der Waals surface area contributed by atoms with Gasteiger partial charge in [0.15, 0.2) is 0 Å². The van der Waals surface area contributed by atoms with Gasteiger partial charge < -0.3 is 5.73 Å². The maximum absolute atomic E-state index is 7.52. The minimum atomic E-state index is 0.187. The van der Waals surface area contributed by atoms with Crippen molar-refractivity contribution < 1.29 is 0 Å². The van der Waals surface area contributed by atoms with Gasteiger partial charge in [0.25, 0.3) is 0 Å². The number of benzene rings is 1. The number of unbranched alkanes of at least 4 members (excludes halogenated alkanes) is 5. The van der Waals surface area contributed by atoms with E-state index < -0.39 is 0 Å². The first-order valence-corrected chi connectivity index (χ1v) is 8.17. The van der Waals surface area contributed by atoms with E-state index in [4.69, 9.17) is 11.1 Å². The van der Waals surface area contributed by atoms with Crippen LogP contribution in [0.1, 0.15) is 68.6 Å². The Balaban J connectivity index is 1.74. The molecule has 0 heterocycles. The summed E-state index contributed by atoms with van der Waals surface area (Å²) in [5.74, 6) is 1.01. The van der Waals surface area contributed by atoms with Crippen molar-refractivity contribution in [1.29, 1.82) is 5.41 Å². The molecule has 0 saturated carbocycles. The van der Waals surface area contributed by atoms with Crippen molar-refractivity contribution in [3.63, 3.8) is 0 Å². The molecule has 0 amide bonds. The Kier molecular flexibility index (Phi) is 5.63. The van der Waals surface area contributed by atoms with Gasteiger partial charge in [-0.1, -0.05) is 57.6 Å². The van der Waals surface area contributed by atoms with E-state index in [1.165, 1.54) is 68.9 Å². The second kappa shape index (κ2) is 7.47. The number of amidine groups is 1. The zero-order chi connectivity index (χ0) is 14.4. The first-order chi connectivity index (χ1) is 9.70. The normalized spacial score (nSPS) is 17.1. The Morgan fingerprint density at radius 2 is 1.80 bits per heavy atom. The van der Waals surface area contributed by atoms with Crippen LogP contribution in [0.4, 0.5) is 0 Å². The van der Waals surface area contributed by atoms with Crippen LogP contribution in [-0.4, -0.2) is 5.84 Å². The molecule has 0 aromatic heterocycles. The third kappa shape index (κ3) is 4.09. The topological polar surface area (TPSA) is 49.9 Å². The molecule has 2 nitrogen and oxygen atoms in total. The Morgan fingerprint density at radius 1 is 1.10 bits per heavy atom. The summed E-state index contributed by atoms with van der Waals surface area (Å²) in [6.45, 7) is 2.27. The lowest BCUT2D eigenvalue weighted by Gasteiger charge is -2.08. The summed E-state index contributed by atoms with van der Waals surface area (Å²) in [5, 5.41) is 7.52. The molecule has 3 N–H and O–H groups in total. The lowest BCUT2D eigenvalue weighted by molar-refractivity contribution is 0.469. The highest BCUT2D eigenvalue weighted by Gasteiger charge is 2.21. The lowest BCUT2D eigenvalue weighted by atomic mass is 9.97. The maximum Gasteiger partial charge on any atom is 0.122 e. The minimum Gasteiger partial charge on any atom is -0.384 e. The van der Waals surface area contributed by atoms with E-state index in [2.05, 4.69) is 19.1 Å². The van der Waals surface area contributed by atoms with Crippen molar-refractivity contribution in [3.05, 3.63) is 34.9 Å². The van der Waals surface area contributed by atoms with Crippen LogP contribution in [0.15, 0.2) is 18.2 Å². The highest BCUT2D eigenvalue weighted by molar-refractivity contribution is 5.95. The molecule has 0 bridgehead atoms. The predicted molar refractivity (Wildman–Crippen MR) is 86.3 cm³/mol. The molecule has 0 aliphatic heterocycles. The third-order valence-corrected chi connectivity index (χ3v) is 4.50. The molecule has 2 heteroatoms. The monoisotopic (exact) mass is 272 g/mol. The highest BCUT2D eigenvalue weighted by atomic mass is 14.7. The van der Waals surface area contributed by atoms with Crippen LogP contribution >= 0.6 is 0 Å².